The van der Waals surface area contributed by atoms with Crippen molar-refractivity contribution >= 4 is 23.1 Å². The van der Waals surface area contributed by atoms with E-state index in [-0.39, 0.29) is 0 Å². The molecule has 0 unspecified atom stereocenters. The number of hydrogen-bond donors (Lipinski definition) is 1. The van der Waals surface area contributed by atoms with Gasteiger partial charge in [-0.15, -0.1) is 0 Å². The van der Waals surface area contributed by atoms with Crippen molar-refractivity contribution in [2.24, 2.45) is 0 Å². The molecule has 0 aliphatic heterocycles. The Kier molecular flexibility index (Phi) is 4.06. The standard InChI is InChI=1S/C13H15ClN4O/c1-18(8-9-4-3-5-10(15)6-9)12-11(14)7-16-13(17-12)19-2/h3-7H,8,15H2,1-2H3. The highest BCUT2D eigenvalue weighted by Crippen LogP contribution is 2.24. The topological polar surface area (TPSA) is 64.3 Å². The Balaban J connectivity index is 2.22. The predicted octanol–water partition coefficient (Wildman–Crippen LogP) is 2.36. The molecule has 0 saturated heterocycles. The van der Waals surface area contributed by atoms with Crippen LogP contribution in [0.15, 0.2) is 30.5 Å². The lowest BCUT2D eigenvalue weighted by Gasteiger charge is -2.19. The summed E-state index contributed by atoms with van der Waals surface area (Å²) in [5, 5.41) is 0.479. The molecule has 5 nitrogen and oxygen atoms in total. The summed E-state index contributed by atoms with van der Waals surface area (Å²) in [7, 11) is 3.42. The van der Waals surface area contributed by atoms with Crippen LogP contribution in [0, 0.1) is 0 Å². The molecular weight excluding hydrogens is 264 g/mol. The molecule has 2 rings (SSSR count). The van der Waals surface area contributed by atoms with Crippen LogP contribution in [0.4, 0.5) is 11.5 Å². The van der Waals surface area contributed by atoms with E-state index in [2.05, 4.69) is 9.97 Å². The van der Waals surface area contributed by atoms with E-state index in [1.807, 2.05) is 36.2 Å². The fourth-order valence-electron chi connectivity index (χ4n) is 1.75. The first-order valence-electron chi connectivity index (χ1n) is 5.72. The maximum Gasteiger partial charge on any atom is 0.318 e. The van der Waals surface area contributed by atoms with E-state index in [0.717, 1.165) is 11.3 Å². The summed E-state index contributed by atoms with van der Waals surface area (Å²) in [4.78, 5) is 10.1. The lowest BCUT2D eigenvalue weighted by Crippen LogP contribution is -2.18. The average Bonchev–Trinajstić information content (AvgIpc) is 2.39. The zero-order valence-corrected chi connectivity index (χ0v) is 11.6. The Morgan fingerprint density at radius 1 is 1.42 bits per heavy atom. The SMILES string of the molecule is COc1ncc(Cl)c(N(C)Cc2cccc(N)c2)n1. The van der Waals surface area contributed by atoms with Gasteiger partial charge in [0.15, 0.2) is 5.82 Å². The summed E-state index contributed by atoms with van der Waals surface area (Å²) in [6.45, 7) is 0.644. The second-order valence-corrected chi connectivity index (χ2v) is 4.54. The number of rotatable bonds is 4. The number of benzene rings is 1. The summed E-state index contributed by atoms with van der Waals surface area (Å²) in [5.74, 6) is 0.621. The van der Waals surface area contributed by atoms with Crippen molar-refractivity contribution in [3.05, 3.63) is 41.0 Å². The normalized spacial score (nSPS) is 10.3. The third-order valence-corrected chi connectivity index (χ3v) is 2.89. The highest BCUT2D eigenvalue weighted by molar-refractivity contribution is 6.32. The summed E-state index contributed by atoms with van der Waals surface area (Å²) in [5.41, 5.74) is 7.57. The Morgan fingerprint density at radius 3 is 2.89 bits per heavy atom. The zero-order chi connectivity index (χ0) is 13.8. The van der Waals surface area contributed by atoms with Gasteiger partial charge in [-0.2, -0.15) is 4.98 Å². The first kappa shape index (κ1) is 13.4. The van der Waals surface area contributed by atoms with E-state index in [0.29, 0.717) is 23.4 Å². The van der Waals surface area contributed by atoms with Crippen LogP contribution < -0.4 is 15.4 Å². The maximum atomic E-state index is 6.10. The van der Waals surface area contributed by atoms with E-state index in [1.165, 1.54) is 13.3 Å². The maximum absolute atomic E-state index is 6.10. The van der Waals surface area contributed by atoms with E-state index in [9.17, 15) is 0 Å². The molecule has 2 aromatic rings. The summed E-state index contributed by atoms with van der Waals surface area (Å²) >= 11 is 6.10. The molecule has 100 valence electrons. The first-order chi connectivity index (χ1) is 9.10. The molecule has 1 aromatic carbocycles. The number of nitrogen functional groups attached to an aromatic ring is 1. The summed E-state index contributed by atoms with van der Waals surface area (Å²) < 4.78 is 5.00. The monoisotopic (exact) mass is 278 g/mol. The minimum Gasteiger partial charge on any atom is -0.467 e. The molecule has 0 spiro atoms. The summed E-state index contributed by atoms with van der Waals surface area (Å²) in [6, 6.07) is 7.98. The van der Waals surface area contributed by atoms with Gasteiger partial charge in [0.2, 0.25) is 0 Å². The third-order valence-electron chi connectivity index (χ3n) is 2.62. The van der Waals surface area contributed by atoms with E-state index in [4.69, 9.17) is 22.1 Å². The van der Waals surface area contributed by atoms with Crippen LogP contribution in [-0.4, -0.2) is 24.1 Å². The van der Waals surface area contributed by atoms with Gasteiger partial charge in [0, 0.05) is 19.3 Å². The third kappa shape index (κ3) is 3.26. The van der Waals surface area contributed by atoms with Crippen LogP contribution in [0.2, 0.25) is 5.02 Å². The number of aromatic nitrogens is 2. The molecule has 1 aromatic heterocycles. The second-order valence-electron chi connectivity index (χ2n) is 4.13. The lowest BCUT2D eigenvalue weighted by atomic mass is 10.2. The number of anilines is 2. The van der Waals surface area contributed by atoms with Gasteiger partial charge in [0.05, 0.1) is 13.3 Å². The Bertz CT molecular complexity index is 576. The molecule has 0 bridgehead atoms. The highest BCUT2D eigenvalue weighted by Gasteiger charge is 2.11. The van der Waals surface area contributed by atoms with Crippen molar-refractivity contribution in [3.63, 3.8) is 0 Å². The molecule has 1 heterocycles. The second kappa shape index (κ2) is 5.75. The highest BCUT2D eigenvalue weighted by atomic mass is 35.5. The van der Waals surface area contributed by atoms with Gasteiger partial charge >= 0.3 is 6.01 Å². The number of nitrogens with two attached hydrogens (primary N) is 1. The zero-order valence-electron chi connectivity index (χ0n) is 10.8. The van der Waals surface area contributed by atoms with Crippen molar-refractivity contribution in [3.8, 4) is 6.01 Å². The molecular formula is C13H15ClN4O. The van der Waals surface area contributed by atoms with Crippen molar-refractivity contribution < 1.29 is 4.74 Å². The number of nitrogens with zero attached hydrogens (tertiary/aromatic N) is 3. The minimum atomic E-state index is 0.291. The molecule has 0 aliphatic carbocycles. The molecule has 0 radical (unpaired) electrons. The molecule has 0 amide bonds. The van der Waals surface area contributed by atoms with Gasteiger partial charge in [-0.05, 0) is 17.7 Å². The lowest BCUT2D eigenvalue weighted by molar-refractivity contribution is 0.380. The number of methoxy groups -OCH3 is 1. The van der Waals surface area contributed by atoms with Crippen LogP contribution in [0.25, 0.3) is 0 Å². The Morgan fingerprint density at radius 2 is 2.21 bits per heavy atom. The number of ether oxygens (including phenoxy) is 1. The average molecular weight is 279 g/mol. The summed E-state index contributed by atoms with van der Waals surface area (Å²) in [6.07, 6.45) is 1.53. The predicted molar refractivity (Wildman–Crippen MR) is 76.6 cm³/mol. The van der Waals surface area contributed by atoms with Gasteiger partial charge in [-0.1, -0.05) is 23.7 Å². The van der Waals surface area contributed by atoms with Crippen molar-refractivity contribution in [1.82, 2.24) is 9.97 Å². The van der Waals surface area contributed by atoms with Gasteiger partial charge < -0.3 is 15.4 Å². The van der Waals surface area contributed by atoms with Crippen LogP contribution >= 0.6 is 11.6 Å². The molecule has 6 heteroatoms. The fraction of sp³-hybridized carbons (Fsp3) is 0.231. The van der Waals surface area contributed by atoms with Crippen LogP contribution in [0.5, 0.6) is 6.01 Å². The molecule has 0 fully saturated rings. The number of halogens is 1. The first-order valence-corrected chi connectivity index (χ1v) is 6.10. The van der Waals surface area contributed by atoms with Crippen LogP contribution in [0.3, 0.4) is 0 Å². The quantitative estimate of drug-likeness (QED) is 0.870. The van der Waals surface area contributed by atoms with Crippen molar-refractivity contribution in [2.75, 3.05) is 24.8 Å². The van der Waals surface area contributed by atoms with Gasteiger partial charge in [0.1, 0.15) is 5.02 Å². The molecule has 0 aliphatic rings. The van der Waals surface area contributed by atoms with E-state index in [1.54, 1.807) is 0 Å². The molecule has 0 atom stereocenters. The van der Waals surface area contributed by atoms with Crippen LogP contribution in [-0.2, 0) is 6.54 Å². The molecule has 19 heavy (non-hydrogen) atoms. The van der Waals surface area contributed by atoms with Gasteiger partial charge in [-0.25, -0.2) is 4.98 Å². The molecule has 2 N–H and O–H groups in total. The fourth-order valence-corrected chi connectivity index (χ4v) is 1.98. The Labute approximate surface area is 117 Å². The molecule has 0 saturated carbocycles. The van der Waals surface area contributed by atoms with Crippen molar-refractivity contribution in [2.45, 2.75) is 6.54 Å². The number of hydrogen-bond acceptors (Lipinski definition) is 5. The van der Waals surface area contributed by atoms with Crippen molar-refractivity contribution in [1.29, 1.82) is 0 Å². The Hall–Kier alpha value is -2.01. The van der Waals surface area contributed by atoms with Gasteiger partial charge in [-0.3, -0.25) is 0 Å². The van der Waals surface area contributed by atoms with Crippen LogP contribution in [0.1, 0.15) is 5.56 Å². The van der Waals surface area contributed by atoms with E-state index < -0.39 is 0 Å². The van der Waals surface area contributed by atoms with Gasteiger partial charge in [0.25, 0.3) is 0 Å². The minimum absolute atomic E-state index is 0.291. The smallest absolute Gasteiger partial charge is 0.318 e. The van der Waals surface area contributed by atoms with E-state index >= 15 is 0 Å². The largest absolute Gasteiger partial charge is 0.467 e.